The number of amides is 4. The van der Waals surface area contributed by atoms with Crippen LogP contribution in [-0.4, -0.2) is 69.6 Å². The number of alkyl carbamates (subject to hydrolysis) is 1. The molecule has 5 N–H and O–H groups in total. The minimum atomic E-state index is -1.46. The predicted molar refractivity (Wildman–Crippen MR) is 186 cm³/mol. The molecule has 4 amide bonds. The molecule has 2 aromatic carbocycles. The molecule has 0 aliphatic carbocycles. The first-order chi connectivity index (χ1) is 22.8. The SMILES string of the molecule is CCCCCCN(C(=O)C(CC(N)=O)NC(=O)OC(C)(C)C)C(C(=O)NC(Cc1ccccc1)C(=O)OC(C)(C)C)c1ccc(O)c(C)c1. The zero-order chi connectivity index (χ0) is 36.9. The van der Waals surface area contributed by atoms with E-state index in [1.807, 2.05) is 37.3 Å². The molecule has 49 heavy (non-hydrogen) atoms. The third-order valence-corrected chi connectivity index (χ3v) is 7.32. The first kappa shape index (κ1) is 40.6. The molecule has 0 aromatic heterocycles. The predicted octanol–water partition coefficient (Wildman–Crippen LogP) is 4.99. The molecule has 0 saturated heterocycles. The van der Waals surface area contributed by atoms with E-state index in [0.29, 0.717) is 17.5 Å². The fourth-order valence-corrected chi connectivity index (χ4v) is 5.11. The average Bonchev–Trinajstić information content (AvgIpc) is 2.97. The molecule has 0 bridgehead atoms. The van der Waals surface area contributed by atoms with E-state index in [4.69, 9.17) is 15.2 Å². The molecule has 2 rings (SSSR count). The highest BCUT2D eigenvalue weighted by Gasteiger charge is 2.39. The van der Waals surface area contributed by atoms with Crippen molar-refractivity contribution in [3.8, 4) is 5.75 Å². The van der Waals surface area contributed by atoms with Crippen LogP contribution in [0.4, 0.5) is 4.79 Å². The van der Waals surface area contributed by atoms with Gasteiger partial charge in [0.05, 0.1) is 6.42 Å². The van der Waals surface area contributed by atoms with Crippen LogP contribution in [0.1, 0.15) is 103 Å². The Morgan fingerprint density at radius 2 is 1.49 bits per heavy atom. The number of carbonyl (C=O) groups is 5. The lowest BCUT2D eigenvalue weighted by Crippen LogP contribution is -2.55. The third kappa shape index (κ3) is 14.2. The highest BCUT2D eigenvalue weighted by Crippen LogP contribution is 2.28. The molecule has 0 radical (unpaired) electrons. The fraction of sp³-hybridized carbons (Fsp3) is 0.541. The van der Waals surface area contributed by atoms with Crippen molar-refractivity contribution in [3.05, 3.63) is 65.2 Å². The second kappa shape index (κ2) is 18.2. The Hall–Kier alpha value is -4.61. The molecular formula is C37H54N4O8. The normalized spacial score (nSPS) is 13.4. The molecule has 0 spiro atoms. The van der Waals surface area contributed by atoms with E-state index >= 15 is 0 Å². The molecule has 2 aromatic rings. The number of phenolic OH excluding ortho intramolecular Hbond substituents is 1. The molecule has 0 aliphatic rings. The van der Waals surface area contributed by atoms with Crippen LogP contribution in [0.15, 0.2) is 48.5 Å². The van der Waals surface area contributed by atoms with E-state index in [1.54, 1.807) is 54.5 Å². The molecular weight excluding hydrogens is 628 g/mol. The van der Waals surface area contributed by atoms with Crippen LogP contribution in [-0.2, 0) is 35.1 Å². The summed E-state index contributed by atoms with van der Waals surface area (Å²) in [6.45, 7) is 13.9. The summed E-state index contributed by atoms with van der Waals surface area (Å²) in [7, 11) is 0. The highest BCUT2D eigenvalue weighted by molar-refractivity contribution is 5.95. The van der Waals surface area contributed by atoms with Gasteiger partial charge in [0.25, 0.3) is 0 Å². The van der Waals surface area contributed by atoms with Crippen LogP contribution < -0.4 is 16.4 Å². The molecule has 12 heteroatoms. The summed E-state index contributed by atoms with van der Waals surface area (Å²) in [6.07, 6.45) is 1.63. The number of aryl methyl sites for hydroxylation is 1. The number of nitrogens with one attached hydrogen (secondary N) is 2. The number of esters is 1. The number of rotatable bonds is 16. The Morgan fingerprint density at radius 1 is 0.857 bits per heavy atom. The van der Waals surface area contributed by atoms with Gasteiger partial charge in [0.2, 0.25) is 17.7 Å². The number of aromatic hydroxyl groups is 1. The van der Waals surface area contributed by atoms with Crippen LogP contribution in [0.5, 0.6) is 5.75 Å². The summed E-state index contributed by atoms with van der Waals surface area (Å²) in [4.78, 5) is 68.7. The molecule has 0 aliphatic heterocycles. The van der Waals surface area contributed by atoms with Gasteiger partial charge in [-0.3, -0.25) is 14.4 Å². The number of hydrogen-bond donors (Lipinski definition) is 4. The zero-order valence-electron chi connectivity index (χ0n) is 30.1. The summed E-state index contributed by atoms with van der Waals surface area (Å²) in [5.41, 5.74) is 5.33. The van der Waals surface area contributed by atoms with E-state index in [-0.39, 0.29) is 18.7 Å². The van der Waals surface area contributed by atoms with Gasteiger partial charge >= 0.3 is 12.1 Å². The maximum atomic E-state index is 14.5. The number of unbranched alkanes of at least 4 members (excludes halogenated alkanes) is 3. The fourth-order valence-electron chi connectivity index (χ4n) is 5.11. The number of primary amides is 1. The number of hydrogen-bond acceptors (Lipinski definition) is 8. The van der Waals surface area contributed by atoms with Gasteiger partial charge in [0, 0.05) is 13.0 Å². The third-order valence-electron chi connectivity index (χ3n) is 7.32. The van der Waals surface area contributed by atoms with Crippen molar-refractivity contribution in [1.82, 2.24) is 15.5 Å². The molecule has 270 valence electrons. The minimum Gasteiger partial charge on any atom is -0.508 e. The maximum Gasteiger partial charge on any atom is 0.408 e. The topological polar surface area (TPSA) is 177 Å². The van der Waals surface area contributed by atoms with Crippen molar-refractivity contribution < 1.29 is 38.6 Å². The van der Waals surface area contributed by atoms with Crippen LogP contribution in [0.3, 0.4) is 0 Å². The van der Waals surface area contributed by atoms with Gasteiger partial charge in [-0.05, 0) is 83.7 Å². The van der Waals surface area contributed by atoms with E-state index in [0.717, 1.165) is 24.8 Å². The zero-order valence-corrected chi connectivity index (χ0v) is 30.1. The number of nitrogens with zero attached hydrogens (tertiary/aromatic N) is 1. The first-order valence-corrected chi connectivity index (χ1v) is 16.8. The van der Waals surface area contributed by atoms with Gasteiger partial charge < -0.3 is 35.8 Å². The van der Waals surface area contributed by atoms with Crippen molar-refractivity contribution in [2.45, 2.75) is 123 Å². The quantitative estimate of drug-likeness (QED) is 0.141. The van der Waals surface area contributed by atoms with E-state index in [1.165, 1.54) is 17.0 Å². The maximum absolute atomic E-state index is 14.5. The van der Waals surface area contributed by atoms with Crippen molar-refractivity contribution >= 4 is 29.8 Å². The van der Waals surface area contributed by atoms with E-state index in [2.05, 4.69) is 10.6 Å². The molecule has 12 nitrogen and oxygen atoms in total. The van der Waals surface area contributed by atoms with Gasteiger partial charge in [0.1, 0.15) is 35.1 Å². The summed E-state index contributed by atoms with van der Waals surface area (Å²) in [6, 6.07) is 9.70. The van der Waals surface area contributed by atoms with Crippen molar-refractivity contribution in [2.75, 3.05) is 6.54 Å². The van der Waals surface area contributed by atoms with Crippen LogP contribution >= 0.6 is 0 Å². The Labute approximate surface area is 290 Å². The number of carbonyl (C=O) groups excluding carboxylic acids is 5. The summed E-state index contributed by atoms with van der Waals surface area (Å²) in [5.74, 6) is -2.98. The Kier molecular flexibility index (Phi) is 15.1. The average molecular weight is 683 g/mol. The van der Waals surface area contributed by atoms with E-state index < -0.39 is 65.5 Å². The lowest BCUT2D eigenvalue weighted by atomic mass is 9.98. The summed E-state index contributed by atoms with van der Waals surface area (Å²) in [5, 5.41) is 15.6. The van der Waals surface area contributed by atoms with Crippen molar-refractivity contribution in [1.29, 1.82) is 0 Å². The number of ether oxygens (including phenoxy) is 2. The van der Waals surface area contributed by atoms with Crippen LogP contribution in [0, 0.1) is 6.92 Å². The number of benzene rings is 2. The highest BCUT2D eigenvalue weighted by atomic mass is 16.6. The van der Waals surface area contributed by atoms with Gasteiger partial charge in [0.15, 0.2) is 0 Å². The second-order valence-electron chi connectivity index (χ2n) is 14.2. The van der Waals surface area contributed by atoms with Crippen molar-refractivity contribution in [2.24, 2.45) is 5.73 Å². The van der Waals surface area contributed by atoms with Gasteiger partial charge in [-0.15, -0.1) is 0 Å². The molecule has 0 fully saturated rings. The largest absolute Gasteiger partial charge is 0.508 e. The monoisotopic (exact) mass is 682 g/mol. The minimum absolute atomic E-state index is 0.0161. The molecule has 3 unspecified atom stereocenters. The number of nitrogens with two attached hydrogens (primary N) is 1. The van der Waals surface area contributed by atoms with Gasteiger partial charge in [-0.25, -0.2) is 9.59 Å². The second-order valence-corrected chi connectivity index (χ2v) is 14.2. The Balaban J connectivity index is 2.68. The smallest absolute Gasteiger partial charge is 0.408 e. The lowest BCUT2D eigenvalue weighted by Gasteiger charge is -2.35. The summed E-state index contributed by atoms with van der Waals surface area (Å²) >= 11 is 0. The van der Waals surface area contributed by atoms with Crippen LogP contribution in [0.25, 0.3) is 0 Å². The summed E-state index contributed by atoms with van der Waals surface area (Å²) < 4.78 is 11.0. The van der Waals surface area contributed by atoms with E-state index in [9.17, 15) is 29.1 Å². The first-order valence-electron chi connectivity index (χ1n) is 16.8. The number of phenols is 1. The molecule has 0 heterocycles. The van der Waals surface area contributed by atoms with Crippen LogP contribution in [0.2, 0.25) is 0 Å². The van der Waals surface area contributed by atoms with Gasteiger partial charge in [-0.2, -0.15) is 0 Å². The van der Waals surface area contributed by atoms with Crippen molar-refractivity contribution in [3.63, 3.8) is 0 Å². The Bertz CT molecular complexity index is 1430. The molecule has 3 atom stereocenters. The Morgan fingerprint density at radius 3 is 2.04 bits per heavy atom. The lowest BCUT2D eigenvalue weighted by molar-refractivity contribution is -0.159. The standard InChI is InChI=1S/C37H54N4O8/c1-9-10-11-15-20-41(33(45)27(23-30(38)43)40-35(47)49-37(6,7)8)31(26-18-19-29(42)24(2)21-26)32(44)39-28(34(46)48-36(3,4)5)22-25-16-13-12-14-17-25/h12-14,16-19,21,27-28,31,42H,9-11,15,20,22-23H2,1-8H3,(H2,38,43)(H,39,44)(H,40,47). The molecule has 0 saturated carbocycles. The van der Waals surface area contributed by atoms with Gasteiger partial charge in [-0.1, -0.05) is 62.6 Å².